The molecule has 1 fully saturated rings. The van der Waals surface area contributed by atoms with Crippen LogP contribution in [-0.2, 0) is 4.79 Å². The lowest BCUT2D eigenvalue weighted by Crippen LogP contribution is -2.58. The van der Waals surface area contributed by atoms with Gasteiger partial charge < -0.3 is 20.1 Å². The number of nitrogens with two attached hydrogens (primary N) is 1. The summed E-state index contributed by atoms with van der Waals surface area (Å²) >= 11 is 0. The lowest BCUT2D eigenvalue weighted by atomic mass is 9.95. The number of piperazine rings is 1. The number of rotatable bonds is 8. The summed E-state index contributed by atoms with van der Waals surface area (Å²) in [5, 5.41) is 0. The van der Waals surface area contributed by atoms with Crippen molar-refractivity contribution in [3.8, 4) is 11.5 Å². The molecule has 0 radical (unpaired) electrons. The zero-order chi connectivity index (χ0) is 18.3. The summed E-state index contributed by atoms with van der Waals surface area (Å²) < 4.78 is 11.0. The molecule has 0 aromatic heterocycles. The maximum atomic E-state index is 12.5. The van der Waals surface area contributed by atoms with E-state index in [2.05, 4.69) is 11.8 Å². The zero-order valence-corrected chi connectivity index (χ0v) is 16.9. The molecule has 1 aromatic carbocycles. The summed E-state index contributed by atoms with van der Waals surface area (Å²) in [5.74, 6) is 1.68. The van der Waals surface area contributed by atoms with Gasteiger partial charge in [-0.05, 0) is 25.5 Å². The smallest absolute Gasteiger partial charge is 0.242 e. The molecule has 0 saturated carbocycles. The van der Waals surface area contributed by atoms with Gasteiger partial charge in [0.15, 0.2) is 0 Å². The number of hydrogen-bond acceptors (Lipinski definition) is 5. The van der Waals surface area contributed by atoms with Gasteiger partial charge in [0, 0.05) is 38.8 Å². The van der Waals surface area contributed by atoms with E-state index in [9.17, 15) is 4.79 Å². The van der Waals surface area contributed by atoms with E-state index in [4.69, 9.17) is 15.2 Å². The van der Waals surface area contributed by atoms with Gasteiger partial charge in [-0.1, -0.05) is 19.4 Å². The Morgan fingerprint density at radius 3 is 2.50 bits per heavy atom. The SMILES string of the molecule is CCCC(C)(N)C(=O)N1CCN(CCOc2cccc(OC)c2)CC1.Cl. The number of amides is 1. The van der Waals surface area contributed by atoms with Crippen LogP contribution in [0.25, 0.3) is 0 Å². The Hall–Kier alpha value is -1.50. The van der Waals surface area contributed by atoms with E-state index in [0.717, 1.165) is 57.1 Å². The van der Waals surface area contributed by atoms with Crippen LogP contribution < -0.4 is 15.2 Å². The maximum absolute atomic E-state index is 12.5. The number of methoxy groups -OCH3 is 1. The highest BCUT2D eigenvalue weighted by atomic mass is 35.5. The second-order valence-corrected chi connectivity index (χ2v) is 6.83. The Morgan fingerprint density at radius 1 is 1.23 bits per heavy atom. The monoisotopic (exact) mass is 385 g/mol. The molecule has 0 spiro atoms. The Kier molecular flexibility index (Phi) is 9.19. The molecule has 148 valence electrons. The zero-order valence-electron chi connectivity index (χ0n) is 16.1. The van der Waals surface area contributed by atoms with E-state index in [1.165, 1.54) is 0 Å². The molecule has 1 unspecified atom stereocenters. The number of nitrogens with zero attached hydrogens (tertiary/aromatic N) is 2. The maximum Gasteiger partial charge on any atom is 0.242 e. The molecule has 2 rings (SSSR count). The second kappa shape index (κ2) is 10.6. The summed E-state index contributed by atoms with van der Waals surface area (Å²) in [5.41, 5.74) is 5.43. The van der Waals surface area contributed by atoms with Crippen molar-refractivity contribution in [1.29, 1.82) is 0 Å². The largest absolute Gasteiger partial charge is 0.497 e. The number of halogens is 1. The highest BCUT2D eigenvalue weighted by Crippen LogP contribution is 2.19. The van der Waals surface area contributed by atoms with Crippen LogP contribution in [-0.4, -0.2) is 67.7 Å². The number of carbonyl (C=O) groups excluding carboxylic acids is 1. The topological polar surface area (TPSA) is 68.0 Å². The van der Waals surface area contributed by atoms with Gasteiger partial charge in [-0.25, -0.2) is 0 Å². The van der Waals surface area contributed by atoms with Crippen LogP contribution in [0.3, 0.4) is 0 Å². The van der Waals surface area contributed by atoms with Gasteiger partial charge >= 0.3 is 0 Å². The van der Waals surface area contributed by atoms with E-state index >= 15 is 0 Å². The first-order valence-corrected chi connectivity index (χ1v) is 9.03. The van der Waals surface area contributed by atoms with Crippen LogP contribution in [0.15, 0.2) is 24.3 Å². The molecule has 1 amide bonds. The molecule has 2 N–H and O–H groups in total. The third-order valence-corrected chi connectivity index (χ3v) is 4.63. The van der Waals surface area contributed by atoms with Crippen molar-refractivity contribution in [2.24, 2.45) is 5.73 Å². The standard InChI is InChI=1S/C19H31N3O3.ClH/c1-4-8-19(2,20)18(23)22-11-9-21(10-12-22)13-14-25-17-7-5-6-16(15-17)24-3;/h5-7,15H,4,8-14,20H2,1-3H3;1H. The van der Waals surface area contributed by atoms with Crippen LogP contribution in [0.4, 0.5) is 0 Å². The van der Waals surface area contributed by atoms with Crippen LogP contribution in [0.5, 0.6) is 11.5 Å². The van der Waals surface area contributed by atoms with Crippen molar-refractivity contribution in [2.75, 3.05) is 46.4 Å². The van der Waals surface area contributed by atoms with Crippen molar-refractivity contribution in [1.82, 2.24) is 9.80 Å². The number of benzene rings is 1. The van der Waals surface area contributed by atoms with Crippen LogP contribution >= 0.6 is 12.4 Å². The van der Waals surface area contributed by atoms with Crippen molar-refractivity contribution in [3.05, 3.63) is 24.3 Å². The highest BCUT2D eigenvalue weighted by Gasteiger charge is 2.33. The van der Waals surface area contributed by atoms with E-state index in [1.54, 1.807) is 7.11 Å². The van der Waals surface area contributed by atoms with Crippen LogP contribution in [0.1, 0.15) is 26.7 Å². The number of hydrogen-bond donors (Lipinski definition) is 1. The Morgan fingerprint density at radius 2 is 1.88 bits per heavy atom. The minimum Gasteiger partial charge on any atom is -0.497 e. The Balaban J connectivity index is 0.00000338. The Bertz CT molecular complexity index is 561. The predicted octanol–water partition coefficient (Wildman–Crippen LogP) is 2.16. The first-order chi connectivity index (χ1) is 12.0. The Labute approximate surface area is 163 Å². The van der Waals surface area contributed by atoms with Gasteiger partial charge in [-0.2, -0.15) is 0 Å². The minimum absolute atomic E-state index is 0. The molecule has 26 heavy (non-hydrogen) atoms. The number of carbonyl (C=O) groups is 1. The lowest BCUT2D eigenvalue weighted by Gasteiger charge is -2.38. The van der Waals surface area contributed by atoms with E-state index < -0.39 is 5.54 Å². The molecule has 1 aliphatic rings. The average molecular weight is 386 g/mol. The molecule has 1 heterocycles. The molecule has 6 nitrogen and oxygen atoms in total. The molecule has 7 heteroatoms. The van der Waals surface area contributed by atoms with Gasteiger partial charge in [-0.3, -0.25) is 9.69 Å². The molecule has 1 aromatic rings. The van der Waals surface area contributed by atoms with Gasteiger partial charge in [0.1, 0.15) is 18.1 Å². The van der Waals surface area contributed by atoms with Crippen LogP contribution in [0.2, 0.25) is 0 Å². The van der Waals surface area contributed by atoms with Crippen molar-refractivity contribution < 1.29 is 14.3 Å². The van der Waals surface area contributed by atoms with Gasteiger partial charge in [0.05, 0.1) is 12.6 Å². The summed E-state index contributed by atoms with van der Waals surface area (Å²) in [4.78, 5) is 16.7. The highest BCUT2D eigenvalue weighted by molar-refractivity contribution is 5.86. The van der Waals surface area contributed by atoms with Crippen molar-refractivity contribution in [2.45, 2.75) is 32.2 Å². The fourth-order valence-electron chi connectivity index (χ4n) is 3.15. The summed E-state index contributed by atoms with van der Waals surface area (Å²) in [6, 6.07) is 7.62. The summed E-state index contributed by atoms with van der Waals surface area (Å²) in [6.45, 7) is 8.53. The predicted molar refractivity (Wildman–Crippen MR) is 106 cm³/mol. The lowest BCUT2D eigenvalue weighted by molar-refractivity contribution is -0.138. The average Bonchev–Trinajstić information content (AvgIpc) is 2.62. The fraction of sp³-hybridized carbons (Fsp3) is 0.632. The first kappa shape index (κ1) is 22.5. The van der Waals surface area contributed by atoms with Gasteiger partial charge in [0.2, 0.25) is 5.91 Å². The number of ether oxygens (including phenoxy) is 2. The summed E-state index contributed by atoms with van der Waals surface area (Å²) in [7, 11) is 1.65. The van der Waals surface area contributed by atoms with E-state index in [-0.39, 0.29) is 18.3 Å². The van der Waals surface area contributed by atoms with Crippen LogP contribution in [0, 0.1) is 0 Å². The third-order valence-electron chi connectivity index (χ3n) is 4.63. The molecule has 0 aliphatic carbocycles. The quantitative estimate of drug-likeness (QED) is 0.742. The van der Waals surface area contributed by atoms with Gasteiger partial charge in [0.25, 0.3) is 0 Å². The van der Waals surface area contributed by atoms with E-state index in [1.807, 2.05) is 36.1 Å². The van der Waals surface area contributed by atoms with E-state index in [0.29, 0.717) is 6.61 Å². The normalized spacial score (nSPS) is 17.2. The molecular formula is C19H32ClN3O3. The van der Waals surface area contributed by atoms with Crippen molar-refractivity contribution in [3.63, 3.8) is 0 Å². The third kappa shape index (κ3) is 6.34. The van der Waals surface area contributed by atoms with Gasteiger partial charge in [-0.15, -0.1) is 12.4 Å². The molecule has 1 atom stereocenters. The molecular weight excluding hydrogens is 354 g/mol. The molecule has 1 aliphatic heterocycles. The second-order valence-electron chi connectivity index (χ2n) is 6.83. The fourth-order valence-corrected chi connectivity index (χ4v) is 3.15. The minimum atomic E-state index is -0.744. The summed E-state index contributed by atoms with van der Waals surface area (Å²) in [6.07, 6.45) is 1.64. The molecule has 0 bridgehead atoms. The first-order valence-electron chi connectivity index (χ1n) is 9.03. The molecule has 1 saturated heterocycles. The van der Waals surface area contributed by atoms with Crippen molar-refractivity contribution >= 4 is 18.3 Å².